The zero-order valence-corrected chi connectivity index (χ0v) is 12.5. The Morgan fingerprint density at radius 3 is 2.35 bits per heavy atom. The molecule has 0 amide bonds. The standard InChI is InChI=1S/C12H21NO6S/c1-3-19-10(14)8-20(17,18)13-12(11(15)16)6-4-9(2)5-7-12/h9,13H,3-8H2,1-2H3,(H,15,16). The lowest BCUT2D eigenvalue weighted by atomic mass is 9.78. The van der Waals surface area contributed by atoms with E-state index in [1.165, 1.54) is 0 Å². The molecule has 20 heavy (non-hydrogen) atoms. The van der Waals surface area contributed by atoms with Gasteiger partial charge in [-0.05, 0) is 38.5 Å². The first-order valence-corrected chi connectivity index (χ1v) is 8.26. The van der Waals surface area contributed by atoms with Gasteiger partial charge in [-0.25, -0.2) is 8.42 Å². The van der Waals surface area contributed by atoms with Gasteiger partial charge in [-0.2, -0.15) is 4.72 Å². The highest BCUT2D eigenvalue weighted by atomic mass is 32.2. The van der Waals surface area contributed by atoms with Crippen LogP contribution in [0, 0.1) is 5.92 Å². The van der Waals surface area contributed by atoms with Gasteiger partial charge in [0.25, 0.3) is 0 Å². The fraction of sp³-hybridized carbons (Fsp3) is 0.833. The molecule has 1 saturated carbocycles. The number of carboxylic acid groups (broad SMARTS) is 1. The van der Waals surface area contributed by atoms with Crippen molar-refractivity contribution in [2.45, 2.75) is 45.1 Å². The summed E-state index contributed by atoms with van der Waals surface area (Å²) >= 11 is 0. The Kier molecular flexibility index (Phi) is 5.52. The number of carbonyl (C=O) groups is 2. The topological polar surface area (TPSA) is 110 Å². The van der Waals surface area contributed by atoms with Crippen LogP contribution in [-0.2, 0) is 24.3 Å². The highest BCUT2D eigenvalue weighted by Gasteiger charge is 2.44. The molecular weight excluding hydrogens is 286 g/mol. The van der Waals surface area contributed by atoms with E-state index in [0.29, 0.717) is 18.8 Å². The van der Waals surface area contributed by atoms with Crippen LogP contribution in [0.2, 0.25) is 0 Å². The van der Waals surface area contributed by atoms with Gasteiger partial charge in [0, 0.05) is 0 Å². The first-order valence-electron chi connectivity index (χ1n) is 6.61. The summed E-state index contributed by atoms with van der Waals surface area (Å²) < 4.78 is 30.6. The molecule has 0 bridgehead atoms. The van der Waals surface area contributed by atoms with E-state index in [1.54, 1.807) is 6.92 Å². The molecule has 0 aromatic carbocycles. The third kappa shape index (κ3) is 4.45. The van der Waals surface area contributed by atoms with Gasteiger partial charge in [0.05, 0.1) is 6.61 Å². The highest BCUT2D eigenvalue weighted by Crippen LogP contribution is 2.32. The molecule has 1 rings (SSSR count). The van der Waals surface area contributed by atoms with Crippen molar-refractivity contribution in [3.8, 4) is 0 Å². The number of carbonyl (C=O) groups excluding carboxylic acids is 1. The van der Waals surface area contributed by atoms with Crippen molar-refractivity contribution in [2.24, 2.45) is 5.92 Å². The molecule has 0 unspecified atom stereocenters. The van der Waals surface area contributed by atoms with Crippen molar-refractivity contribution in [1.29, 1.82) is 0 Å². The van der Waals surface area contributed by atoms with Gasteiger partial charge in [0.2, 0.25) is 10.0 Å². The van der Waals surface area contributed by atoms with E-state index in [-0.39, 0.29) is 19.4 Å². The molecule has 1 aliphatic rings. The first-order chi connectivity index (χ1) is 9.21. The second-order valence-electron chi connectivity index (χ2n) is 5.24. The van der Waals surface area contributed by atoms with E-state index >= 15 is 0 Å². The normalized spacial score (nSPS) is 27.0. The van der Waals surface area contributed by atoms with E-state index in [9.17, 15) is 23.1 Å². The second-order valence-corrected chi connectivity index (χ2v) is 6.96. The molecule has 2 N–H and O–H groups in total. The van der Waals surface area contributed by atoms with Gasteiger partial charge in [-0.15, -0.1) is 0 Å². The quantitative estimate of drug-likeness (QED) is 0.692. The third-order valence-electron chi connectivity index (χ3n) is 3.50. The summed E-state index contributed by atoms with van der Waals surface area (Å²) in [5, 5.41) is 9.33. The molecule has 0 aromatic heterocycles. The lowest BCUT2D eigenvalue weighted by Gasteiger charge is -2.35. The fourth-order valence-corrected chi connectivity index (χ4v) is 3.66. The number of hydrogen-bond donors (Lipinski definition) is 2. The molecule has 0 heterocycles. The summed E-state index contributed by atoms with van der Waals surface area (Å²) in [4.78, 5) is 22.7. The van der Waals surface area contributed by atoms with Crippen LogP contribution < -0.4 is 4.72 Å². The molecule has 1 fully saturated rings. The van der Waals surface area contributed by atoms with Crippen LogP contribution in [0.5, 0.6) is 0 Å². The number of carboxylic acids is 1. The predicted molar refractivity (Wildman–Crippen MR) is 71.6 cm³/mol. The molecule has 116 valence electrons. The van der Waals surface area contributed by atoms with E-state index in [1.807, 2.05) is 6.92 Å². The summed E-state index contributed by atoms with van der Waals surface area (Å²) in [6.45, 7) is 3.65. The van der Waals surface area contributed by atoms with Gasteiger partial charge in [0.15, 0.2) is 5.75 Å². The maximum Gasteiger partial charge on any atom is 0.324 e. The number of aliphatic carboxylic acids is 1. The van der Waals surface area contributed by atoms with Crippen LogP contribution in [0.3, 0.4) is 0 Å². The van der Waals surface area contributed by atoms with Crippen molar-refractivity contribution in [2.75, 3.05) is 12.4 Å². The first kappa shape index (κ1) is 16.9. The van der Waals surface area contributed by atoms with Crippen LogP contribution in [0.15, 0.2) is 0 Å². The van der Waals surface area contributed by atoms with Crippen LogP contribution in [-0.4, -0.2) is 43.4 Å². The molecule has 7 nitrogen and oxygen atoms in total. The van der Waals surface area contributed by atoms with E-state index in [0.717, 1.165) is 0 Å². The smallest absolute Gasteiger partial charge is 0.324 e. The molecule has 0 aliphatic heterocycles. The summed E-state index contributed by atoms with van der Waals surface area (Å²) in [6, 6.07) is 0. The summed E-state index contributed by atoms with van der Waals surface area (Å²) in [5.41, 5.74) is -1.50. The Morgan fingerprint density at radius 1 is 1.35 bits per heavy atom. The van der Waals surface area contributed by atoms with Gasteiger partial charge < -0.3 is 9.84 Å². The highest BCUT2D eigenvalue weighted by molar-refractivity contribution is 7.90. The van der Waals surface area contributed by atoms with E-state index in [4.69, 9.17) is 0 Å². The molecule has 8 heteroatoms. The van der Waals surface area contributed by atoms with E-state index in [2.05, 4.69) is 9.46 Å². The summed E-state index contributed by atoms with van der Waals surface area (Å²) in [7, 11) is -4.03. The summed E-state index contributed by atoms with van der Waals surface area (Å²) in [6.07, 6.45) is 1.72. The van der Waals surface area contributed by atoms with Gasteiger partial charge in [-0.1, -0.05) is 6.92 Å². The lowest BCUT2D eigenvalue weighted by molar-refractivity contribution is -0.146. The second kappa shape index (κ2) is 6.53. The maximum atomic E-state index is 11.9. The van der Waals surface area contributed by atoms with Crippen molar-refractivity contribution in [1.82, 2.24) is 4.72 Å². The molecule has 0 radical (unpaired) electrons. The monoisotopic (exact) mass is 307 g/mol. The van der Waals surface area contributed by atoms with Crippen LogP contribution >= 0.6 is 0 Å². The minimum absolute atomic E-state index is 0.0793. The molecule has 0 atom stereocenters. The van der Waals surface area contributed by atoms with Crippen molar-refractivity contribution < 1.29 is 27.9 Å². The number of sulfonamides is 1. The average Bonchev–Trinajstić information content (AvgIpc) is 2.31. The maximum absolute atomic E-state index is 11.9. The van der Waals surface area contributed by atoms with Crippen LogP contribution in [0.4, 0.5) is 0 Å². The Labute approximate surface area is 118 Å². The minimum Gasteiger partial charge on any atom is -0.480 e. The molecule has 1 aliphatic carbocycles. The minimum atomic E-state index is -4.03. The van der Waals surface area contributed by atoms with Crippen LogP contribution in [0.1, 0.15) is 39.5 Å². The largest absolute Gasteiger partial charge is 0.480 e. The molecule has 0 saturated heterocycles. The van der Waals surface area contributed by atoms with Crippen molar-refractivity contribution >= 4 is 22.0 Å². The van der Waals surface area contributed by atoms with Gasteiger partial charge >= 0.3 is 11.9 Å². The fourth-order valence-electron chi connectivity index (χ4n) is 2.31. The van der Waals surface area contributed by atoms with E-state index < -0.39 is 33.3 Å². The average molecular weight is 307 g/mol. The Morgan fingerprint density at radius 2 is 1.90 bits per heavy atom. The number of ether oxygens (including phenoxy) is 1. The SMILES string of the molecule is CCOC(=O)CS(=O)(=O)NC1(C(=O)O)CCC(C)CC1. The van der Waals surface area contributed by atoms with Crippen molar-refractivity contribution in [3.63, 3.8) is 0 Å². The predicted octanol–water partition coefficient (Wildman–Crippen LogP) is 0.502. The Balaban J connectivity index is 2.80. The van der Waals surface area contributed by atoms with Gasteiger partial charge in [-0.3, -0.25) is 9.59 Å². The lowest BCUT2D eigenvalue weighted by Crippen LogP contribution is -2.57. The van der Waals surface area contributed by atoms with Crippen molar-refractivity contribution in [3.05, 3.63) is 0 Å². The summed E-state index contributed by atoms with van der Waals surface area (Å²) in [5.74, 6) is -2.57. The number of hydrogen-bond acceptors (Lipinski definition) is 5. The zero-order valence-electron chi connectivity index (χ0n) is 11.7. The molecule has 0 spiro atoms. The Hall–Kier alpha value is -1.15. The number of esters is 1. The third-order valence-corrected chi connectivity index (χ3v) is 4.82. The van der Waals surface area contributed by atoms with Gasteiger partial charge in [0.1, 0.15) is 5.54 Å². The molecule has 0 aromatic rings. The number of nitrogens with one attached hydrogen (secondary N) is 1. The number of rotatable bonds is 6. The van der Waals surface area contributed by atoms with Crippen LogP contribution in [0.25, 0.3) is 0 Å². The zero-order chi connectivity index (χ0) is 15.4. The Bertz CT molecular complexity index is 464. The molecular formula is C12H21NO6S.